The Balaban J connectivity index is 0. The standard InChI is InChI=1S/2Cu.3Ni. The molecule has 0 nitrogen and oxygen atoms in total. The minimum Gasteiger partial charge on any atom is 0 e. The molecular weight excluding hydrogens is 303 g/mol. The molecule has 0 atom stereocenters. The third-order valence-electron chi connectivity index (χ3n) is 0. The molecule has 0 amide bonds. The van der Waals surface area contributed by atoms with Crippen molar-refractivity contribution in [3.8, 4) is 0 Å². The van der Waals surface area contributed by atoms with E-state index in [1.54, 1.807) is 0 Å². The molecule has 0 fully saturated rings. The molecule has 0 unspecified atom stereocenters. The van der Waals surface area contributed by atoms with Crippen LogP contribution in [0.2, 0.25) is 0 Å². The zero-order valence-electron chi connectivity index (χ0n) is 1.55. The first kappa shape index (κ1) is 50.3. The molecule has 0 aliphatic carbocycles. The van der Waals surface area contributed by atoms with E-state index in [-0.39, 0.29) is 83.6 Å². The molecule has 0 bridgehead atoms. The molecule has 0 aliphatic rings. The van der Waals surface area contributed by atoms with Crippen molar-refractivity contribution in [2.45, 2.75) is 0 Å². The predicted molar refractivity (Wildman–Crippen MR) is 0 cm³/mol. The van der Waals surface area contributed by atoms with E-state index in [1.165, 1.54) is 0 Å². The van der Waals surface area contributed by atoms with E-state index in [4.69, 9.17) is 0 Å². The Morgan fingerprint density at radius 2 is 0.400 bits per heavy atom. The summed E-state index contributed by atoms with van der Waals surface area (Å²) in [6.07, 6.45) is 0. The van der Waals surface area contributed by atoms with Gasteiger partial charge in [-0.2, -0.15) is 0 Å². The van der Waals surface area contributed by atoms with E-state index in [0.29, 0.717) is 0 Å². The maximum absolute atomic E-state index is 0. The SMILES string of the molecule is [Cu].[Cu].[Ni].[Ni].[Ni]. The van der Waals surface area contributed by atoms with Gasteiger partial charge in [0.1, 0.15) is 0 Å². The third kappa shape index (κ3) is 21.0. The smallest absolute Gasteiger partial charge is 0 e. The van der Waals surface area contributed by atoms with Crippen LogP contribution in [0.5, 0.6) is 0 Å². The normalized spacial score (nSPS) is 0. The molecule has 5 heteroatoms. The molecule has 52 valence electrons. The summed E-state index contributed by atoms with van der Waals surface area (Å²) in [6.45, 7) is 0. The second-order valence-corrected chi connectivity index (χ2v) is 0. The number of rotatable bonds is 0. The van der Waals surface area contributed by atoms with Gasteiger partial charge in [-0.05, 0) is 0 Å². The van der Waals surface area contributed by atoms with Gasteiger partial charge in [0.2, 0.25) is 0 Å². The summed E-state index contributed by atoms with van der Waals surface area (Å²) in [5.41, 5.74) is 0. The van der Waals surface area contributed by atoms with Crippen molar-refractivity contribution in [1.82, 2.24) is 0 Å². The zero-order chi connectivity index (χ0) is 0. The summed E-state index contributed by atoms with van der Waals surface area (Å²) in [7, 11) is 0. The van der Waals surface area contributed by atoms with Gasteiger partial charge in [-0.3, -0.25) is 0 Å². The average molecular weight is 303 g/mol. The quantitative estimate of drug-likeness (QED) is 0.552. The monoisotopic (exact) mass is 300 g/mol. The summed E-state index contributed by atoms with van der Waals surface area (Å²) in [6, 6.07) is 0. The van der Waals surface area contributed by atoms with Crippen LogP contribution in [0.4, 0.5) is 0 Å². The molecule has 0 rings (SSSR count). The van der Waals surface area contributed by atoms with E-state index in [1.807, 2.05) is 0 Å². The van der Waals surface area contributed by atoms with Crippen LogP contribution in [0, 0.1) is 0 Å². The average Bonchev–Trinajstić information content (AvgIpc) is 0. The van der Waals surface area contributed by atoms with Crippen LogP contribution in [0.1, 0.15) is 0 Å². The molecule has 0 aromatic rings. The second kappa shape index (κ2) is 31.3. The first-order chi connectivity index (χ1) is 0. The Kier molecular flexibility index (Phi) is 315. The molecule has 0 aliphatic heterocycles. The second-order valence-electron chi connectivity index (χ2n) is 0. The van der Waals surface area contributed by atoms with Gasteiger partial charge in [-0.1, -0.05) is 0 Å². The van der Waals surface area contributed by atoms with Crippen LogP contribution in [0.25, 0.3) is 0 Å². The van der Waals surface area contributed by atoms with Crippen LogP contribution in [0.3, 0.4) is 0 Å². The Morgan fingerprint density at radius 1 is 0.400 bits per heavy atom. The van der Waals surface area contributed by atoms with Crippen molar-refractivity contribution in [2.24, 2.45) is 0 Å². The van der Waals surface area contributed by atoms with E-state index in [0.717, 1.165) is 0 Å². The van der Waals surface area contributed by atoms with E-state index >= 15 is 0 Å². The Morgan fingerprint density at radius 3 is 0.400 bits per heavy atom. The van der Waals surface area contributed by atoms with Crippen molar-refractivity contribution in [3.63, 3.8) is 0 Å². The molecule has 0 saturated carbocycles. The van der Waals surface area contributed by atoms with Gasteiger partial charge in [0, 0.05) is 83.6 Å². The molecule has 0 spiro atoms. The molecule has 0 heterocycles. The molecule has 0 N–H and O–H groups in total. The minimum atomic E-state index is 0. The summed E-state index contributed by atoms with van der Waals surface area (Å²) < 4.78 is 0. The first-order valence-electron chi connectivity index (χ1n) is 0. The fourth-order valence-corrected chi connectivity index (χ4v) is 0. The Labute approximate surface area is 82.7 Å². The van der Waals surface area contributed by atoms with Gasteiger partial charge >= 0.3 is 0 Å². The van der Waals surface area contributed by atoms with Crippen LogP contribution in [-0.2, 0) is 83.6 Å². The number of hydrogen-bond donors (Lipinski definition) is 0. The van der Waals surface area contributed by atoms with Crippen molar-refractivity contribution in [3.05, 3.63) is 0 Å². The van der Waals surface area contributed by atoms with Gasteiger partial charge in [-0.25, -0.2) is 0 Å². The van der Waals surface area contributed by atoms with Gasteiger partial charge in [0.15, 0.2) is 0 Å². The van der Waals surface area contributed by atoms with Crippen molar-refractivity contribution >= 4 is 0 Å². The Bertz CT molecular complexity index is 4.85. The third-order valence-corrected chi connectivity index (χ3v) is 0. The molecule has 2 radical (unpaired) electrons. The minimum absolute atomic E-state index is 0. The van der Waals surface area contributed by atoms with Gasteiger partial charge in [0.05, 0.1) is 0 Å². The van der Waals surface area contributed by atoms with Crippen LogP contribution < -0.4 is 0 Å². The molecule has 0 saturated heterocycles. The van der Waals surface area contributed by atoms with Crippen LogP contribution in [0.15, 0.2) is 0 Å². The van der Waals surface area contributed by atoms with Crippen molar-refractivity contribution in [2.75, 3.05) is 0 Å². The van der Waals surface area contributed by atoms with Crippen molar-refractivity contribution in [1.29, 1.82) is 0 Å². The topological polar surface area (TPSA) is 0 Å². The summed E-state index contributed by atoms with van der Waals surface area (Å²) in [5, 5.41) is 0. The predicted octanol–water partition coefficient (Wildman–Crippen LogP) is -0.0125. The van der Waals surface area contributed by atoms with Gasteiger partial charge in [0.25, 0.3) is 0 Å². The summed E-state index contributed by atoms with van der Waals surface area (Å²) >= 11 is 0. The maximum Gasteiger partial charge on any atom is 0 e. The molecule has 0 aromatic heterocycles. The van der Waals surface area contributed by atoms with E-state index in [2.05, 4.69) is 0 Å². The summed E-state index contributed by atoms with van der Waals surface area (Å²) in [5.74, 6) is 0. The largest absolute Gasteiger partial charge is 0 e. The van der Waals surface area contributed by atoms with Gasteiger partial charge < -0.3 is 0 Å². The fraction of sp³-hybridized carbons (Fsp3) is 0. The zero-order valence-corrected chi connectivity index (χ0v) is 6.40. The molecule has 0 aromatic carbocycles. The van der Waals surface area contributed by atoms with E-state index in [9.17, 15) is 0 Å². The van der Waals surface area contributed by atoms with Crippen LogP contribution >= 0.6 is 0 Å². The number of hydrogen-bond acceptors (Lipinski definition) is 0. The van der Waals surface area contributed by atoms with Crippen LogP contribution in [-0.4, -0.2) is 0 Å². The summed E-state index contributed by atoms with van der Waals surface area (Å²) in [4.78, 5) is 0. The Hall–Kier alpha value is 2.52. The first-order valence-corrected chi connectivity index (χ1v) is 0. The van der Waals surface area contributed by atoms with Gasteiger partial charge in [-0.15, -0.1) is 0 Å². The maximum atomic E-state index is 0. The molecule has 5 heavy (non-hydrogen) atoms. The molecular formula is Cu2Ni3. The van der Waals surface area contributed by atoms with Crippen molar-refractivity contribution < 1.29 is 83.6 Å². The fourth-order valence-electron chi connectivity index (χ4n) is 0. The van der Waals surface area contributed by atoms with E-state index < -0.39 is 0 Å².